The van der Waals surface area contributed by atoms with Crippen molar-refractivity contribution in [1.82, 2.24) is 9.97 Å². The lowest BCUT2D eigenvalue weighted by molar-refractivity contribution is 0.823. The third-order valence-corrected chi connectivity index (χ3v) is 1.73. The Morgan fingerprint density at radius 2 is 2.27 bits per heavy atom. The van der Waals surface area contributed by atoms with E-state index >= 15 is 0 Å². The Kier molecular flexibility index (Phi) is 2.83. The van der Waals surface area contributed by atoms with Crippen molar-refractivity contribution >= 4 is 11.6 Å². The van der Waals surface area contributed by atoms with Crippen LogP contribution in [0.3, 0.4) is 0 Å². The van der Waals surface area contributed by atoms with E-state index < -0.39 is 0 Å². The molecule has 2 nitrogen and oxygen atoms in total. The molecule has 1 heterocycles. The van der Waals surface area contributed by atoms with Gasteiger partial charge in [0.25, 0.3) is 0 Å². The van der Waals surface area contributed by atoms with Gasteiger partial charge in [-0.05, 0) is 13.3 Å². The highest BCUT2D eigenvalue weighted by molar-refractivity contribution is 6.30. The molecule has 1 rings (SSSR count). The van der Waals surface area contributed by atoms with E-state index in [9.17, 15) is 0 Å². The summed E-state index contributed by atoms with van der Waals surface area (Å²) in [6, 6.07) is 0. The average molecular weight is 170 g/mol. The SMILES string of the molecule is CCCc1n[c]c(Cl)c(C)n1. The molecule has 11 heavy (non-hydrogen) atoms. The summed E-state index contributed by atoms with van der Waals surface area (Å²) in [5.41, 5.74) is 0.810. The molecule has 0 aliphatic rings. The van der Waals surface area contributed by atoms with Crippen molar-refractivity contribution in [1.29, 1.82) is 0 Å². The molecular formula is C8H10ClN2. The number of rotatable bonds is 2. The monoisotopic (exact) mass is 169 g/mol. The Hall–Kier alpha value is -0.630. The van der Waals surface area contributed by atoms with Gasteiger partial charge in [-0.25, -0.2) is 9.97 Å². The molecule has 1 radical (unpaired) electrons. The van der Waals surface area contributed by atoms with Crippen LogP contribution in [0.1, 0.15) is 24.9 Å². The minimum atomic E-state index is 0.518. The van der Waals surface area contributed by atoms with Gasteiger partial charge in [0.15, 0.2) is 0 Å². The lowest BCUT2D eigenvalue weighted by Gasteiger charge is -1.98. The summed E-state index contributed by atoms with van der Waals surface area (Å²) in [6.07, 6.45) is 4.65. The molecule has 59 valence electrons. The van der Waals surface area contributed by atoms with E-state index in [0.29, 0.717) is 5.02 Å². The zero-order valence-corrected chi connectivity index (χ0v) is 7.44. The van der Waals surface area contributed by atoms with Gasteiger partial charge in [-0.15, -0.1) is 0 Å². The molecule has 1 aromatic heterocycles. The fourth-order valence-electron chi connectivity index (χ4n) is 0.798. The van der Waals surface area contributed by atoms with Crippen molar-refractivity contribution in [3.05, 3.63) is 22.7 Å². The molecule has 0 N–H and O–H groups in total. The quantitative estimate of drug-likeness (QED) is 0.679. The maximum atomic E-state index is 5.70. The molecule has 0 aliphatic carbocycles. The lowest BCUT2D eigenvalue weighted by Crippen LogP contribution is -1.96. The van der Waals surface area contributed by atoms with E-state index in [2.05, 4.69) is 23.1 Å². The summed E-state index contributed by atoms with van der Waals surface area (Å²) in [6.45, 7) is 3.95. The molecule has 0 aliphatic heterocycles. The van der Waals surface area contributed by atoms with Gasteiger partial charge in [-0.3, -0.25) is 0 Å². The molecule has 0 unspecified atom stereocenters. The van der Waals surface area contributed by atoms with Crippen molar-refractivity contribution in [3.63, 3.8) is 0 Å². The summed E-state index contributed by atoms with van der Waals surface area (Å²) in [4.78, 5) is 8.15. The van der Waals surface area contributed by atoms with Gasteiger partial charge in [-0.2, -0.15) is 0 Å². The maximum Gasteiger partial charge on any atom is 0.129 e. The van der Waals surface area contributed by atoms with Crippen molar-refractivity contribution in [3.8, 4) is 0 Å². The average Bonchev–Trinajstić information content (AvgIpc) is 1.98. The van der Waals surface area contributed by atoms with Crippen LogP contribution in [0.4, 0.5) is 0 Å². The van der Waals surface area contributed by atoms with Crippen LogP contribution < -0.4 is 0 Å². The highest BCUT2D eigenvalue weighted by Crippen LogP contribution is 2.09. The van der Waals surface area contributed by atoms with Crippen molar-refractivity contribution in [2.75, 3.05) is 0 Å². The molecule has 0 bridgehead atoms. The number of halogens is 1. The highest BCUT2D eigenvalue weighted by atomic mass is 35.5. The summed E-state index contributed by atoms with van der Waals surface area (Å²) < 4.78 is 0. The molecule has 1 aromatic rings. The van der Waals surface area contributed by atoms with Gasteiger partial charge in [0.1, 0.15) is 12.0 Å². The van der Waals surface area contributed by atoms with E-state index in [4.69, 9.17) is 11.6 Å². The summed E-state index contributed by atoms with van der Waals surface area (Å²) in [7, 11) is 0. The predicted molar refractivity (Wildman–Crippen MR) is 44.6 cm³/mol. The first-order chi connectivity index (χ1) is 5.24. The second kappa shape index (κ2) is 3.67. The second-order valence-corrected chi connectivity index (χ2v) is 2.78. The smallest absolute Gasteiger partial charge is 0.129 e. The minimum absolute atomic E-state index is 0.518. The van der Waals surface area contributed by atoms with Crippen LogP contribution in [-0.4, -0.2) is 9.97 Å². The van der Waals surface area contributed by atoms with Gasteiger partial charge < -0.3 is 0 Å². The Balaban J connectivity index is 2.86. The minimum Gasteiger partial charge on any atom is -0.237 e. The van der Waals surface area contributed by atoms with Crippen molar-refractivity contribution < 1.29 is 0 Å². The zero-order chi connectivity index (χ0) is 8.27. The van der Waals surface area contributed by atoms with E-state index in [1.165, 1.54) is 0 Å². The molecule has 0 amide bonds. The van der Waals surface area contributed by atoms with E-state index in [1.54, 1.807) is 0 Å². The van der Waals surface area contributed by atoms with Gasteiger partial charge in [0.2, 0.25) is 0 Å². The first-order valence-electron chi connectivity index (χ1n) is 3.64. The van der Waals surface area contributed by atoms with Crippen LogP contribution in [-0.2, 0) is 6.42 Å². The largest absolute Gasteiger partial charge is 0.237 e. The van der Waals surface area contributed by atoms with Crippen LogP contribution in [0.25, 0.3) is 0 Å². The first-order valence-corrected chi connectivity index (χ1v) is 4.02. The molecule has 0 spiro atoms. The molecule has 0 saturated carbocycles. The lowest BCUT2D eigenvalue weighted by atomic mass is 10.3. The number of aryl methyl sites for hydroxylation is 2. The number of hydrogen-bond acceptors (Lipinski definition) is 2. The molecular weight excluding hydrogens is 160 g/mol. The number of aromatic nitrogens is 2. The molecule has 0 aromatic carbocycles. The number of hydrogen-bond donors (Lipinski definition) is 0. The predicted octanol–water partition coefficient (Wildman–Crippen LogP) is 2.19. The Bertz CT molecular complexity index is 248. The summed E-state index contributed by atoms with van der Waals surface area (Å²) >= 11 is 5.70. The summed E-state index contributed by atoms with van der Waals surface area (Å²) in [5.74, 6) is 0.828. The number of nitrogens with zero attached hydrogens (tertiary/aromatic N) is 2. The van der Waals surface area contributed by atoms with E-state index in [1.807, 2.05) is 6.92 Å². The van der Waals surface area contributed by atoms with Gasteiger partial charge in [0.05, 0.1) is 10.7 Å². The third kappa shape index (κ3) is 2.15. The molecule has 0 saturated heterocycles. The van der Waals surface area contributed by atoms with Crippen LogP contribution in [0, 0.1) is 13.1 Å². The molecule has 0 fully saturated rings. The van der Waals surface area contributed by atoms with E-state index in [0.717, 1.165) is 24.4 Å². The normalized spacial score (nSPS) is 10.1. The zero-order valence-electron chi connectivity index (χ0n) is 6.69. The highest BCUT2D eigenvalue weighted by Gasteiger charge is 1.99. The Morgan fingerprint density at radius 1 is 1.55 bits per heavy atom. The van der Waals surface area contributed by atoms with Gasteiger partial charge >= 0.3 is 0 Å². The Morgan fingerprint density at radius 3 is 2.82 bits per heavy atom. The molecule has 0 atom stereocenters. The van der Waals surface area contributed by atoms with Crippen molar-refractivity contribution in [2.24, 2.45) is 0 Å². The second-order valence-electron chi connectivity index (χ2n) is 2.40. The van der Waals surface area contributed by atoms with Gasteiger partial charge in [-0.1, -0.05) is 18.5 Å². The van der Waals surface area contributed by atoms with Crippen LogP contribution in [0.5, 0.6) is 0 Å². The third-order valence-electron chi connectivity index (χ3n) is 1.37. The van der Waals surface area contributed by atoms with E-state index in [-0.39, 0.29) is 0 Å². The summed E-state index contributed by atoms with van der Waals surface area (Å²) in [5, 5.41) is 0.518. The van der Waals surface area contributed by atoms with Crippen molar-refractivity contribution in [2.45, 2.75) is 26.7 Å². The Labute approximate surface area is 71.6 Å². The maximum absolute atomic E-state index is 5.70. The topological polar surface area (TPSA) is 25.8 Å². The fourth-order valence-corrected chi connectivity index (χ4v) is 0.882. The first kappa shape index (κ1) is 8.47. The molecule has 3 heteroatoms. The fraction of sp³-hybridized carbons (Fsp3) is 0.500. The van der Waals surface area contributed by atoms with Gasteiger partial charge in [0, 0.05) is 6.42 Å². The standard InChI is InChI=1S/C8H10ClN2/c1-3-4-8-10-5-7(9)6(2)11-8/h3-4H2,1-2H3. The van der Waals surface area contributed by atoms with Crippen LogP contribution >= 0.6 is 11.6 Å². The van der Waals surface area contributed by atoms with Crippen LogP contribution in [0.2, 0.25) is 5.02 Å². The van der Waals surface area contributed by atoms with Crippen LogP contribution in [0.15, 0.2) is 0 Å².